The summed E-state index contributed by atoms with van der Waals surface area (Å²) in [6.45, 7) is 2.15. The number of rotatable bonds is 6. The average Bonchev–Trinajstić information content (AvgIpc) is 3.00. The van der Waals surface area contributed by atoms with Crippen LogP contribution in [-0.4, -0.2) is 24.2 Å². The minimum absolute atomic E-state index is 0.323. The van der Waals surface area contributed by atoms with E-state index >= 15 is 0 Å². The van der Waals surface area contributed by atoms with E-state index in [0.29, 0.717) is 18.7 Å². The maximum absolute atomic E-state index is 11.0. The van der Waals surface area contributed by atoms with Crippen LogP contribution >= 0.6 is 11.6 Å². The van der Waals surface area contributed by atoms with Gasteiger partial charge in [-0.25, -0.2) is 4.79 Å². The maximum Gasteiger partial charge on any atom is 0.335 e. The zero-order chi connectivity index (χ0) is 16.2. The number of nitrogens with one attached hydrogen (secondary N) is 1. The first-order chi connectivity index (χ1) is 11.1. The summed E-state index contributed by atoms with van der Waals surface area (Å²) >= 11 is 6.15. The normalized spacial score (nSPS) is 12.7. The average molecular weight is 332 g/mol. The summed E-state index contributed by atoms with van der Waals surface area (Å²) in [5, 5.41) is 13.1. The Bertz CT molecular complexity index is 730. The highest BCUT2D eigenvalue weighted by molar-refractivity contribution is 6.30. The largest absolute Gasteiger partial charge is 0.493 e. The van der Waals surface area contributed by atoms with Gasteiger partial charge in [0, 0.05) is 23.6 Å². The zero-order valence-electron chi connectivity index (χ0n) is 12.6. The molecule has 2 aromatic rings. The van der Waals surface area contributed by atoms with Gasteiger partial charge >= 0.3 is 5.97 Å². The van der Waals surface area contributed by atoms with E-state index in [9.17, 15) is 4.79 Å². The molecule has 0 radical (unpaired) electrons. The Labute approximate surface area is 140 Å². The van der Waals surface area contributed by atoms with Crippen molar-refractivity contribution in [2.75, 3.05) is 13.2 Å². The molecule has 1 aliphatic rings. The van der Waals surface area contributed by atoms with Crippen molar-refractivity contribution >= 4 is 17.6 Å². The molecule has 1 heterocycles. The SMILES string of the molecule is O=C(O)c1cccc(CCNCc2cc(Cl)cc3c2OCC3)c1. The molecule has 120 valence electrons. The Morgan fingerprint density at radius 1 is 1.30 bits per heavy atom. The number of hydrogen-bond donors (Lipinski definition) is 2. The van der Waals surface area contributed by atoms with E-state index in [-0.39, 0.29) is 0 Å². The number of carboxylic acids is 1. The summed E-state index contributed by atoms with van der Waals surface area (Å²) in [6, 6.07) is 10.9. The lowest BCUT2D eigenvalue weighted by Gasteiger charge is -2.10. The minimum atomic E-state index is -0.897. The van der Waals surface area contributed by atoms with Gasteiger partial charge in [-0.15, -0.1) is 0 Å². The van der Waals surface area contributed by atoms with Crippen LogP contribution in [0.3, 0.4) is 0 Å². The van der Waals surface area contributed by atoms with E-state index in [2.05, 4.69) is 5.32 Å². The predicted octanol–water partition coefficient (Wildman–Crippen LogP) is 3.31. The van der Waals surface area contributed by atoms with Crippen LogP contribution in [0.4, 0.5) is 0 Å². The highest BCUT2D eigenvalue weighted by atomic mass is 35.5. The van der Waals surface area contributed by atoms with Crippen molar-refractivity contribution in [1.29, 1.82) is 0 Å². The van der Waals surface area contributed by atoms with E-state index in [4.69, 9.17) is 21.4 Å². The number of benzene rings is 2. The molecule has 3 rings (SSSR count). The number of fused-ring (bicyclic) bond motifs is 1. The number of halogens is 1. The molecule has 2 N–H and O–H groups in total. The van der Waals surface area contributed by atoms with Crippen molar-refractivity contribution in [2.24, 2.45) is 0 Å². The Balaban J connectivity index is 1.57. The molecular weight excluding hydrogens is 314 g/mol. The number of hydrogen-bond acceptors (Lipinski definition) is 3. The molecule has 0 fully saturated rings. The first-order valence-electron chi connectivity index (χ1n) is 7.60. The van der Waals surface area contributed by atoms with Gasteiger partial charge in [-0.05, 0) is 48.4 Å². The zero-order valence-corrected chi connectivity index (χ0v) is 13.4. The number of ether oxygens (including phenoxy) is 1. The smallest absolute Gasteiger partial charge is 0.335 e. The molecule has 4 nitrogen and oxygen atoms in total. The number of carbonyl (C=O) groups is 1. The first kappa shape index (κ1) is 15.8. The van der Waals surface area contributed by atoms with Gasteiger partial charge in [0.1, 0.15) is 5.75 Å². The Hall–Kier alpha value is -2.04. The molecule has 0 amide bonds. The highest BCUT2D eigenvalue weighted by Gasteiger charge is 2.17. The third-order valence-corrected chi connectivity index (χ3v) is 4.12. The topological polar surface area (TPSA) is 58.6 Å². The minimum Gasteiger partial charge on any atom is -0.493 e. The molecule has 0 saturated carbocycles. The van der Waals surface area contributed by atoms with Crippen LogP contribution < -0.4 is 10.1 Å². The standard InChI is InChI=1S/C18H18ClNO3/c19-16-9-13-5-7-23-17(13)15(10-16)11-20-6-4-12-2-1-3-14(8-12)18(21)22/h1-3,8-10,20H,4-7,11H2,(H,21,22). The van der Waals surface area contributed by atoms with Crippen molar-refractivity contribution in [3.8, 4) is 5.75 Å². The molecule has 0 spiro atoms. The summed E-state index contributed by atoms with van der Waals surface area (Å²) in [5.41, 5.74) is 3.57. The summed E-state index contributed by atoms with van der Waals surface area (Å²) in [7, 11) is 0. The highest BCUT2D eigenvalue weighted by Crippen LogP contribution is 2.32. The van der Waals surface area contributed by atoms with Crippen molar-refractivity contribution in [3.05, 3.63) is 63.7 Å². The summed E-state index contributed by atoms with van der Waals surface area (Å²) < 4.78 is 5.68. The van der Waals surface area contributed by atoms with E-state index in [1.807, 2.05) is 18.2 Å². The van der Waals surface area contributed by atoms with Gasteiger partial charge in [0.25, 0.3) is 0 Å². The van der Waals surface area contributed by atoms with Crippen LogP contribution in [-0.2, 0) is 19.4 Å². The van der Waals surface area contributed by atoms with Crippen molar-refractivity contribution < 1.29 is 14.6 Å². The lowest BCUT2D eigenvalue weighted by atomic mass is 10.1. The molecule has 1 aliphatic heterocycles. The molecule has 23 heavy (non-hydrogen) atoms. The van der Waals surface area contributed by atoms with E-state index in [1.165, 1.54) is 5.56 Å². The summed E-state index contributed by atoms with van der Waals surface area (Å²) in [6.07, 6.45) is 1.68. The molecule has 5 heteroatoms. The van der Waals surface area contributed by atoms with Gasteiger partial charge in [0.15, 0.2) is 0 Å². The molecule has 2 aromatic carbocycles. The van der Waals surface area contributed by atoms with Gasteiger partial charge in [0.2, 0.25) is 0 Å². The molecule has 0 saturated heterocycles. The Kier molecular flexibility index (Phi) is 4.84. The predicted molar refractivity (Wildman–Crippen MR) is 89.5 cm³/mol. The fourth-order valence-corrected chi connectivity index (χ4v) is 3.06. The van der Waals surface area contributed by atoms with E-state index in [1.54, 1.807) is 18.2 Å². The number of carboxylic acid groups (broad SMARTS) is 1. The second kappa shape index (κ2) is 7.02. The van der Waals surface area contributed by atoms with Crippen molar-refractivity contribution in [2.45, 2.75) is 19.4 Å². The van der Waals surface area contributed by atoms with Gasteiger partial charge < -0.3 is 15.2 Å². The lowest BCUT2D eigenvalue weighted by Crippen LogP contribution is -2.17. The molecule has 0 aromatic heterocycles. The van der Waals surface area contributed by atoms with Crippen LogP contribution in [0.2, 0.25) is 5.02 Å². The molecule has 0 bridgehead atoms. The molecule has 0 atom stereocenters. The van der Waals surface area contributed by atoms with Crippen LogP contribution in [0.5, 0.6) is 5.75 Å². The third kappa shape index (κ3) is 3.84. The van der Waals surface area contributed by atoms with Crippen molar-refractivity contribution in [3.63, 3.8) is 0 Å². The van der Waals surface area contributed by atoms with E-state index < -0.39 is 5.97 Å². The van der Waals surface area contributed by atoms with Crippen LogP contribution in [0.15, 0.2) is 36.4 Å². The molecular formula is C18H18ClNO3. The Morgan fingerprint density at radius 2 is 2.17 bits per heavy atom. The Morgan fingerprint density at radius 3 is 3.00 bits per heavy atom. The van der Waals surface area contributed by atoms with Crippen LogP contribution in [0.25, 0.3) is 0 Å². The van der Waals surface area contributed by atoms with Gasteiger partial charge in [-0.1, -0.05) is 23.7 Å². The fourth-order valence-electron chi connectivity index (χ4n) is 2.79. The monoisotopic (exact) mass is 331 g/mol. The summed E-state index contributed by atoms with van der Waals surface area (Å²) in [5.74, 6) is 0.0567. The van der Waals surface area contributed by atoms with Crippen LogP contribution in [0, 0.1) is 0 Å². The quantitative estimate of drug-likeness (QED) is 0.797. The van der Waals surface area contributed by atoms with Gasteiger partial charge in [0.05, 0.1) is 12.2 Å². The molecule has 0 unspecified atom stereocenters. The fraction of sp³-hybridized carbons (Fsp3) is 0.278. The maximum atomic E-state index is 11.0. The number of aromatic carboxylic acids is 1. The first-order valence-corrected chi connectivity index (χ1v) is 7.98. The third-order valence-electron chi connectivity index (χ3n) is 3.91. The van der Waals surface area contributed by atoms with Gasteiger partial charge in [-0.2, -0.15) is 0 Å². The second-order valence-corrected chi connectivity index (χ2v) is 6.02. The van der Waals surface area contributed by atoms with Gasteiger partial charge in [-0.3, -0.25) is 0 Å². The van der Waals surface area contributed by atoms with Crippen molar-refractivity contribution in [1.82, 2.24) is 5.32 Å². The van der Waals surface area contributed by atoms with Crippen LogP contribution in [0.1, 0.15) is 27.0 Å². The lowest BCUT2D eigenvalue weighted by molar-refractivity contribution is 0.0696. The molecule has 0 aliphatic carbocycles. The second-order valence-electron chi connectivity index (χ2n) is 5.58. The van der Waals surface area contributed by atoms with E-state index in [0.717, 1.165) is 41.3 Å². The summed E-state index contributed by atoms with van der Waals surface area (Å²) in [4.78, 5) is 11.0.